The standard InChI is InChI=1S/C26H25N3O5/c1-15(30)32-23-22(20-11-17(13-27)9-10-21(20)34-26(23,2)3)33-24-18-12-19(18)25(31)29(28-24)14-16-7-5-4-6-8-16/h4-11,18-19,22-23H,12,14H2,1-3H3/t18-,19+,22-,23+/m1/s1. The summed E-state index contributed by atoms with van der Waals surface area (Å²) in [6.07, 6.45) is -0.868. The lowest BCUT2D eigenvalue weighted by Gasteiger charge is -2.43. The lowest BCUT2D eigenvalue weighted by atomic mass is 9.87. The summed E-state index contributed by atoms with van der Waals surface area (Å²) in [5, 5.41) is 15.5. The first-order chi connectivity index (χ1) is 16.3. The average molecular weight is 460 g/mol. The molecule has 0 bridgehead atoms. The first-order valence-corrected chi connectivity index (χ1v) is 11.3. The molecule has 1 fully saturated rings. The Bertz CT molecular complexity index is 1220. The monoisotopic (exact) mass is 459 g/mol. The zero-order valence-electron chi connectivity index (χ0n) is 19.2. The van der Waals surface area contributed by atoms with E-state index in [1.54, 1.807) is 18.2 Å². The number of fused-ring (bicyclic) bond motifs is 2. The Hall–Kier alpha value is -3.86. The van der Waals surface area contributed by atoms with Crippen LogP contribution < -0.4 is 4.74 Å². The Morgan fingerprint density at radius 2 is 2.00 bits per heavy atom. The van der Waals surface area contributed by atoms with Crippen LogP contribution in [0.3, 0.4) is 0 Å². The molecule has 2 aliphatic heterocycles. The maximum absolute atomic E-state index is 12.8. The van der Waals surface area contributed by atoms with Gasteiger partial charge >= 0.3 is 5.97 Å². The number of nitriles is 1. The highest BCUT2D eigenvalue weighted by Crippen LogP contribution is 2.49. The minimum Gasteiger partial charge on any atom is -0.483 e. The second-order valence-corrected chi connectivity index (χ2v) is 9.41. The second-order valence-electron chi connectivity index (χ2n) is 9.41. The second kappa shape index (κ2) is 8.17. The van der Waals surface area contributed by atoms with Gasteiger partial charge in [0, 0.05) is 18.4 Å². The van der Waals surface area contributed by atoms with Crippen molar-refractivity contribution in [2.45, 2.75) is 51.5 Å². The fourth-order valence-electron chi connectivity index (χ4n) is 4.60. The van der Waals surface area contributed by atoms with Crippen molar-refractivity contribution >= 4 is 17.8 Å². The molecule has 0 unspecified atom stereocenters. The van der Waals surface area contributed by atoms with Gasteiger partial charge in [0.25, 0.3) is 0 Å². The molecule has 3 aliphatic rings. The zero-order chi connectivity index (χ0) is 24.0. The molecular formula is C26H25N3O5. The van der Waals surface area contributed by atoms with Crippen LogP contribution in [0.1, 0.15) is 50.0 Å². The van der Waals surface area contributed by atoms with E-state index in [0.717, 1.165) is 5.56 Å². The van der Waals surface area contributed by atoms with Crippen LogP contribution in [0.25, 0.3) is 0 Å². The number of rotatable bonds is 4. The molecule has 5 rings (SSSR count). The van der Waals surface area contributed by atoms with Gasteiger partial charge in [-0.1, -0.05) is 30.3 Å². The molecular weight excluding hydrogens is 434 g/mol. The summed E-state index contributed by atoms with van der Waals surface area (Å²) in [6.45, 7) is 5.33. The van der Waals surface area contributed by atoms with E-state index in [1.165, 1.54) is 11.9 Å². The van der Waals surface area contributed by atoms with Crippen LogP contribution in [0, 0.1) is 23.2 Å². The summed E-state index contributed by atoms with van der Waals surface area (Å²) in [5.41, 5.74) is 1.12. The van der Waals surface area contributed by atoms with Crippen molar-refractivity contribution in [3.63, 3.8) is 0 Å². The van der Waals surface area contributed by atoms with Crippen LogP contribution >= 0.6 is 0 Å². The molecule has 0 spiro atoms. The average Bonchev–Trinajstić information content (AvgIpc) is 3.61. The van der Waals surface area contributed by atoms with E-state index in [-0.39, 0.29) is 17.7 Å². The molecule has 2 aromatic rings. The highest BCUT2D eigenvalue weighted by atomic mass is 16.6. The summed E-state index contributed by atoms with van der Waals surface area (Å²) >= 11 is 0. The SMILES string of the molecule is CC(=O)O[C@H]1[C@H](OC2=NN(Cc3ccccc3)C(=O)[C@H]3C[C@@H]23)c2cc(C#N)ccc2OC1(C)C. The smallest absolute Gasteiger partial charge is 0.303 e. The minimum absolute atomic E-state index is 0.0165. The van der Waals surface area contributed by atoms with E-state index in [2.05, 4.69) is 11.2 Å². The molecule has 0 aromatic heterocycles. The van der Waals surface area contributed by atoms with E-state index in [1.807, 2.05) is 44.2 Å². The number of benzene rings is 2. The Labute approximate surface area is 197 Å². The van der Waals surface area contributed by atoms with Crippen molar-refractivity contribution in [1.29, 1.82) is 5.26 Å². The molecule has 1 aliphatic carbocycles. The lowest BCUT2D eigenvalue weighted by molar-refractivity contribution is -0.173. The fourth-order valence-corrected chi connectivity index (χ4v) is 4.60. The summed E-state index contributed by atoms with van der Waals surface area (Å²) < 4.78 is 18.3. The minimum atomic E-state index is -0.894. The van der Waals surface area contributed by atoms with Gasteiger partial charge in [0.2, 0.25) is 11.8 Å². The molecule has 8 nitrogen and oxygen atoms in total. The number of carbonyl (C=O) groups excluding carboxylic acids is 2. The number of hydrogen-bond acceptors (Lipinski definition) is 7. The third kappa shape index (κ3) is 3.98. The van der Waals surface area contributed by atoms with E-state index >= 15 is 0 Å². The van der Waals surface area contributed by atoms with Gasteiger partial charge in [0.1, 0.15) is 11.4 Å². The van der Waals surface area contributed by atoms with Crippen LogP contribution in [-0.2, 0) is 25.6 Å². The zero-order valence-corrected chi connectivity index (χ0v) is 19.2. The summed E-state index contributed by atoms with van der Waals surface area (Å²) in [4.78, 5) is 24.8. The number of carbonyl (C=O) groups is 2. The van der Waals surface area contributed by atoms with Crippen molar-refractivity contribution < 1.29 is 23.8 Å². The van der Waals surface area contributed by atoms with Crippen molar-refractivity contribution in [2.75, 3.05) is 0 Å². The van der Waals surface area contributed by atoms with Crippen LogP contribution in [0.5, 0.6) is 5.75 Å². The molecule has 2 aromatic carbocycles. The third-order valence-electron chi connectivity index (χ3n) is 6.39. The molecule has 174 valence electrons. The molecule has 4 atom stereocenters. The van der Waals surface area contributed by atoms with Gasteiger partial charge in [-0.05, 0) is 44.0 Å². The van der Waals surface area contributed by atoms with Crippen molar-refractivity contribution in [3.8, 4) is 11.8 Å². The third-order valence-corrected chi connectivity index (χ3v) is 6.39. The molecule has 8 heteroatoms. The highest BCUT2D eigenvalue weighted by molar-refractivity contribution is 5.96. The fraction of sp³-hybridized carbons (Fsp3) is 0.385. The summed E-state index contributed by atoms with van der Waals surface area (Å²) in [7, 11) is 0. The van der Waals surface area contributed by atoms with E-state index in [9.17, 15) is 14.9 Å². The molecule has 0 radical (unpaired) electrons. The Balaban J connectivity index is 1.51. The number of hydrogen-bond donors (Lipinski definition) is 0. The molecule has 2 heterocycles. The lowest BCUT2D eigenvalue weighted by Crippen LogP contribution is -2.52. The largest absolute Gasteiger partial charge is 0.483 e. The quantitative estimate of drug-likeness (QED) is 0.646. The topological polar surface area (TPSA) is 101 Å². The first-order valence-electron chi connectivity index (χ1n) is 11.3. The van der Waals surface area contributed by atoms with E-state index in [4.69, 9.17) is 14.2 Å². The molecule has 34 heavy (non-hydrogen) atoms. The maximum Gasteiger partial charge on any atom is 0.303 e. The Morgan fingerprint density at radius 1 is 1.24 bits per heavy atom. The highest BCUT2D eigenvalue weighted by Gasteiger charge is 2.55. The van der Waals surface area contributed by atoms with Crippen LogP contribution in [0.2, 0.25) is 0 Å². The van der Waals surface area contributed by atoms with Gasteiger partial charge in [-0.3, -0.25) is 9.59 Å². The van der Waals surface area contributed by atoms with Gasteiger partial charge in [-0.15, -0.1) is 5.10 Å². The first kappa shape index (κ1) is 22.0. The molecule has 0 saturated heterocycles. The Morgan fingerprint density at radius 3 is 2.71 bits per heavy atom. The number of nitrogens with zero attached hydrogens (tertiary/aromatic N) is 3. The normalized spacial score (nSPS) is 26.2. The molecule has 0 N–H and O–H groups in total. The number of amides is 1. The predicted octanol–water partition coefficient (Wildman–Crippen LogP) is 3.71. The van der Waals surface area contributed by atoms with Crippen LogP contribution in [0.15, 0.2) is 53.6 Å². The van der Waals surface area contributed by atoms with Crippen LogP contribution in [-0.4, -0.2) is 34.5 Å². The summed E-state index contributed by atoms with van der Waals surface area (Å²) in [5.74, 6) is 0.238. The Kier molecular flexibility index (Phi) is 5.28. The van der Waals surface area contributed by atoms with Gasteiger partial charge in [0.15, 0.2) is 12.2 Å². The van der Waals surface area contributed by atoms with Crippen molar-refractivity contribution in [2.24, 2.45) is 16.9 Å². The van der Waals surface area contributed by atoms with Crippen molar-refractivity contribution in [3.05, 3.63) is 65.2 Å². The number of ether oxygens (including phenoxy) is 3. The van der Waals surface area contributed by atoms with Gasteiger partial charge in [0.05, 0.1) is 24.1 Å². The predicted molar refractivity (Wildman–Crippen MR) is 121 cm³/mol. The van der Waals surface area contributed by atoms with Crippen molar-refractivity contribution in [1.82, 2.24) is 5.01 Å². The summed E-state index contributed by atoms with van der Waals surface area (Å²) in [6, 6.07) is 16.9. The number of esters is 1. The van der Waals surface area contributed by atoms with E-state index in [0.29, 0.717) is 35.7 Å². The van der Waals surface area contributed by atoms with Crippen LogP contribution in [0.4, 0.5) is 0 Å². The molecule has 1 amide bonds. The van der Waals surface area contributed by atoms with Gasteiger partial charge in [-0.2, -0.15) is 5.26 Å². The van der Waals surface area contributed by atoms with Gasteiger partial charge in [-0.25, -0.2) is 5.01 Å². The maximum atomic E-state index is 12.8. The van der Waals surface area contributed by atoms with Gasteiger partial charge < -0.3 is 14.2 Å². The molecule has 1 saturated carbocycles. The van der Waals surface area contributed by atoms with E-state index < -0.39 is 23.8 Å². The number of hydrazone groups is 1.